The molecule has 7 nitrogen and oxygen atoms in total. The van der Waals surface area contributed by atoms with Crippen LogP contribution in [0.25, 0.3) is 10.8 Å². The van der Waals surface area contributed by atoms with Crippen molar-refractivity contribution in [3.8, 4) is 0 Å². The predicted octanol–water partition coefficient (Wildman–Crippen LogP) is 4.50. The second-order valence-electron chi connectivity index (χ2n) is 7.86. The average Bonchev–Trinajstić information content (AvgIpc) is 3.18. The van der Waals surface area contributed by atoms with Crippen LogP contribution >= 0.6 is 11.8 Å². The Bertz CT molecular complexity index is 1320. The van der Waals surface area contributed by atoms with Gasteiger partial charge >= 0.3 is 0 Å². The monoisotopic (exact) mass is 459 g/mol. The van der Waals surface area contributed by atoms with Crippen molar-refractivity contribution >= 4 is 40.0 Å². The van der Waals surface area contributed by atoms with E-state index in [0.717, 1.165) is 22.0 Å². The molecular formula is C25H25N5O2S. The smallest absolute Gasteiger partial charge is 0.251 e. The third-order valence-corrected chi connectivity index (χ3v) is 6.27. The van der Waals surface area contributed by atoms with E-state index in [9.17, 15) is 9.59 Å². The van der Waals surface area contributed by atoms with Crippen molar-refractivity contribution in [3.05, 3.63) is 83.7 Å². The average molecular weight is 460 g/mol. The lowest BCUT2D eigenvalue weighted by Crippen LogP contribution is -2.28. The number of hydrogen-bond donors (Lipinski definition) is 2. The quantitative estimate of drug-likeness (QED) is 0.397. The molecule has 168 valence electrons. The van der Waals surface area contributed by atoms with Gasteiger partial charge in [-0.2, -0.15) is 0 Å². The third kappa shape index (κ3) is 5.40. The summed E-state index contributed by atoms with van der Waals surface area (Å²) in [6.45, 7) is 3.81. The first-order chi connectivity index (χ1) is 15.9. The number of carbonyl (C=O) groups excluding carboxylic acids is 2. The van der Waals surface area contributed by atoms with Gasteiger partial charge in [-0.05, 0) is 48.9 Å². The fourth-order valence-corrected chi connectivity index (χ4v) is 4.27. The summed E-state index contributed by atoms with van der Waals surface area (Å²) >= 11 is 1.30. The number of anilines is 1. The summed E-state index contributed by atoms with van der Waals surface area (Å²) in [7, 11) is 1.83. The summed E-state index contributed by atoms with van der Waals surface area (Å²) < 4.78 is 1.80. The van der Waals surface area contributed by atoms with Crippen LogP contribution in [0.5, 0.6) is 0 Å². The molecule has 3 aromatic carbocycles. The van der Waals surface area contributed by atoms with Crippen LogP contribution in [0.15, 0.2) is 71.9 Å². The van der Waals surface area contributed by atoms with E-state index in [1.54, 1.807) is 10.6 Å². The standard InChI is InChI=1S/C25H25N5O2S/c1-16-7-6-10-20(13-16)24(32)26-17(2)23-28-29-25(30(23)3)33-15-22(31)27-21-12-11-18-8-4-5-9-19(18)14-21/h4-14,17H,15H2,1-3H3,(H,26,32)(H,27,31)/t17-/m1/s1. The lowest BCUT2D eigenvalue weighted by Gasteiger charge is -2.14. The van der Waals surface area contributed by atoms with Crippen molar-refractivity contribution in [2.45, 2.75) is 25.0 Å². The molecule has 0 bridgehead atoms. The van der Waals surface area contributed by atoms with Crippen LogP contribution in [0.1, 0.15) is 34.7 Å². The minimum absolute atomic E-state index is 0.124. The van der Waals surface area contributed by atoms with Crippen LogP contribution in [0, 0.1) is 6.92 Å². The molecule has 0 saturated heterocycles. The van der Waals surface area contributed by atoms with E-state index in [1.165, 1.54) is 11.8 Å². The van der Waals surface area contributed by atoms with Gasteiger partial charge in [0.25, 0.3) is 5.91 Å². The highest BCUT2D eigenvalue weighted by Gasteiger charge is 2.19. The van der Waals surface area contributed by atoms with Crippen molar-refractivity contribution < 1.29 is 9.59 Å². The molecule has 2 N–H and O–H groups in total. The molecule has 8 heteroatoms. The highest BCUT2D eigenvalue weighted by atomic mass is 32.2. The van der Waals surface area contributed by atoms with Gasteiger partial charge in [0.2, 0.25) is 5.91 Å². The number of nitrogens with one attached hydrogen (secondary N) is 2. The van der Waals surface area contributed by atoms with Gasteiger partial charge in [-0.3, -0.25) is 9.59 Å². The highest BCUT2D eigenvalue weighted by molar-refractivity contribution is 7.99. The number of benzene rings is 3. The van der Waals surface area contributed by atoms with Crippen molar-refractivity contribution in [3.63, 3.8) is 0 Å². The number of thioether (sulfide) groups is 1. The zero-order valence-electron chi connectivity index (χ0n) is 18.7. The molecule has 1 atom stereocenters. The number of aromatic nitrogens is 3. The molecule has 2 amide bonds. The van der Waals surface area contributed by atoms with Gasteiger partial charge in [0.05, 0.1) is 11.8 Å². The number of fused-ring (bicyclic) bond motifs is 1. The molecule has 0 aliphatic rings. The Hall–Kier alpha value is -3.65. The lowest BCUT2D eigenvalue weighted by atomic mass is 10.1. The molecule has 0 aliphatic heterocycles. The van der Waals surface area contributed by atoms with E-state index in [0.29, 0.717) is 16.5 Å². The van der Waals surface area contributed by atoms with Crippen molar-refractivity contribution in [1.29, 1.82) is 0 Å². The van der Waals surface area contributed by atoms with E-state index in [-0.39, 0.29) is 23.6 Å². The van der Waals surface area contributed by atoms with Crippen LogP contribution in [-0.4, -0.2) is 32.3 Å². The molecule has 0 saturated carbocycles. The molecule has 33 heavy (non-hydrogen) atoms. The first-order valence-electron chi connectivity index (χ1n) is 10.6. The van der Waals surface area contributed by atoms with Crippen LogP contribution < -0.4 is 10.6 Å². The molecule has 1 heterocycles. The molecule has 0 aliphatic carbocycles. The Kier molecular flexibility index (Phi) is 6.74. The van der Waals surface area contributed by atoms with Crippen molar-refractivity contribution in [2.75, 3.05) is 11.1 Å². The molecular weight excluding hydrogens is 434 g/mol. The van der Waals surface area contributed by atoms with E-state index in [4.69, 9.17) is 0 Å². The number of rotatable bonds is 7. The fourth-order valence-electron chi connectivity index (χ4n) is 3.55. The van der Waals surface area contributed by atoms with Crippen molar-refractivity contribution in [2.24, 2.45) is 7.05 Å². The maximum absolute atomic E-state index is 12.5. The summed E-state index contributed by atoms with van der Waals surface area (Å²) in [5.41, 5.74) is 2.38. The van der Waals surface area contributed by atoms with E-state index >= 15 is 0 Å². The van der Waals surface area contributed by atoms with E-state index < -0.39 is 0 Å². The number of nitrogens with zero attached hydrogens (tertiary/aromatic N) is 3. The fraction of sp³-hybridized carbons (Fsp3) is 0.200. The van der Waals surface area contributed by atoms with Gasteiger partial charge in [-0.1, -0.05) is 59.8 Å². The SMILES string of the molecule is Cc1cccc(C(=O)N[C@H](C)c2nnc(SCC(=O)Nc3ccc4ccccc4c3)n2C)c1. The second-order valence-corrected chi connectivity index (χ2v) is 8.81. The van der Waals surface area contributed by atoms with Crippen molar-refractivity contribution in [1.82, 2.24) is 20.1 Å². The zero-order valence-corrected chi connectivity index (χ0v) is 19.5. The summed E-state index contributed by atoms with van der Waals surface area (Å²) in [5.74, 6) is 0.523. The van der Waals surface area contributed by atoms with Crippen LogP contribution in [0.3, 0.4) is 0 Å². The minimum Gasteiger partial charge on any atom is -0.342 e. The minimum atomic E-state index is -0.337. The Morgan fingerprint density at radius 1 is 1.00 bits per heavy atom. The van der Waals surface area contributed by atoms with E-state index in [1.807, 2.05) is 81.6 Å². The molecule has 1 aromatic heterocycles. The topological polar surface area (TPSA) is 88.9 Å². The Labute approximate surface area is 196 Å². The summed E-state index contributed by atoms with van der Waals surface area (Å²) in [6, 6.07) is 20.9. The molecule has 4 rings (SSSR count). The Morgan fingerprint density at radius 2 is 1.79 bits per heavy atom. The molecule has 0 radical (unpaired) electrons. The molecule has 0 unspecified atom stereocenters. The van der Waals surface area contributed by atoms with Gasteiger partial charge in [0, 0.05) is 18.3 Å². The normalized spacial score (nSPS) is 11.8. The molecule has 4 aromatic rings. The van der Waals surface area contributed by atoms with Gasteiger partial charge < -0.3 is 15.2 Å². The van der Waals surface area contributed by atoms with Gasteiger partial charge in [0.15, 0.2) is 11.0 Å². The zero-order chi connectivity index (χ0) is 23.4. The first kappa shape index (κ1) is 22.5. The first-order valence-corrected chi connectivity index (χ1v) is 11.6. The van der Waals surface area contributed by atoms with E-state index in [2.05, 4.69) is 20.8 Å². The highest BCUT2D eigenvalue weighted by Crippen LogP contribution is 2.22. The molecule has 0 spiro atoms. The van der Waals surface area contributed by atoms with Crippen LogP contribution in [-0.2, 0) is 11.8 Å². The largest absolute Gasteiger partial charge is 0.342 e. The summed E-state index contributed by atoms with van der Waals surface area (Å²) in [4.78, 5) is 25.0. The van der Waals surface area contributed by atoms with Gasteiger partial charge in [-0.15, -0.1) is 10.2 Å². The van der Waals surface area contributed by atoms with Crippen LogP contribution in [0.2, 0.25) is 0 Å². The summed E-state index contributed by atoms with van der Waals surface area (Å²) in [6.07, 6.45) is 0. The second kappa shape index (κ2) is 9.87. The van der Waals surface area contributed by atoms with Crippen LogP contribution in [0.4, 0.5) is 5.69 Å². The lowest BCUT2D eigenvalue weighted by molar-refractivity contribution is -0.113. The molecule has 0 fully saturated rings. The Balaban J connectivity index is 1.35. The number of hydrogen-bond acceptors (Lipinski definition) is 5. The number of aryl methyl sites for hydroxylation is 1. The predicted molar refractivity (Wildman–Crippen MR) is 131 cm³/mol. The maximum atomic E-state index is 12.5. The Morgan fingerprint density at radius 3 is 2.58 bits per heavy atom. The number of amides is 2. The van der Waals surface area contributed by atoms with Gasteiger partial charge in [-0.25, -0.2) is 0 Å². The third-order valence-electron chi connectivity index (χ3n) is 5.25. The maximum Gasteiger partial charge on any atom is 0.251 e. The van der Waals surface area contributed by atoms with Gasteiger partial charge in [0.1, 0.15) is 0 Å². The summed E-state index contributed by atoms with van der Waals surface area (Å²) in [5, 5.41) is 17.1. The number of carbonyl (C=O) groups is 2.